The van der Waals surface area contributed by atoms with Crippen molar-refractivity contribution in [3.8, 4) is 6.07 Å². The highest BCUT2D eigenvalue weighted by atomic mass is 35.5. The zero-order chi connectivity index (χ0) is 19.6. The van der Waals surface area contributed by atoms with E-state index in [9.17, 15) is 23.2 Å². The van der Waals surface area contributed by atoms with Crippen LogP contribution in [0.25, 0.3) is 0 Å². The fraction of sp³-hybridized carbons (Fsp3) is 0.263. The Balaban J connectivity index is 1.71. The van der Waals surface area contributed by atoms with Crippen LogP contribution in [-0.4, -0.2) is 37.0 Å². The standard InChI is InChI=1S/C19H15ClF3N3O/c20-16-4-5-17(14(11-16)12-24)25-6-8-26(9-7-25)18(27)13-2-1-3-15(10-13)19(21,22)23/h1-5,10-11H,6-9H2. The fourth-order valence-corrected chi connectivity index (χ4v) is 3.21. The molecule has 2 aromatic rings. The Labute approximate surface area is 159 Å². The molecule has 0 saturated carbocycles. The highest BCUT2D eigenvalue weighted by Crippen LogP contribution is 2.30. The second-order valence-electron chi connectivity index (χ2n) is 6.13. The lowest BCUT2D eigenvalue weighted by Crippen LogP contribution is -2.49. The number of amides is 1. The Morgan fingerprint density at radius 1 is 1.07 bits per heavy atom. The number of hydrogen-bond donors (Lipinski definition) is 0. The molecule has 0 unspecified atom stereocenters. The van der Waals surface area contributed by atoms with Crippen molar-refractivity contribution in [3.63, 3.8) is 0 Å². The van der Waals surface area contributed by atoms with Gasteiger partial charge in [-0.1, -0.05) is 17.7 Å². The summed E-state index contributed by atoms with van der Waals surface area (Å²) in [6.45, 7) is 1.65. The van der Waals surface area contributed by atoms with Gasteiger partial charge in [0.2, 0.25) is 0 Å². The van der Waals surface area contributed by atoms with E-state index in [0.29, 0.717) is 36.8 Å². The third-order valence-corrected chi connectivity index (χ3v) is 4.66. The maximum atomic E-state index is 12.8. The first-order valence-electron chi connectivity index (χ1n) is 8.21. The molecule has 1 heterocycles. The van der Waals surface area contributed by atoms with E-state index in [-0.39, 0.29) is 5.56 Å². The number of anilines is 1. The molecule has 0 aliphatic carbocycles. The molecule has 27 heavy (non-hydrogen) atoms. The number of piperazine rings is 1. The third kappa shape index (κ3) is 4.17. The molecule has 0 spiro atoms. The van der Waals surface area contributed by atoms with Gasteiger partial charge in [-0.25, -0.2) is 0 Å². The molecule has 1 amide bonds. The fourth-order valence-electron chi connectivity index (χ4n) is 3.04. The third-order valence-electron chi connectivity index (χ3n) is 4.42. The predicted molar refractivity (Wildman–Crippen MR) is 95.7 cm³/mol. The van der Waals surface area contributed by atoms with E-state index in [4.69, 9.17) is 11.6 Å². The SMILES string of the molecule is N#Cc1cc(Cl)ccc1N1CCN(C(=O)c2cccc(C(F)(F)F)c2)CC1. The van der Waals surface area contributed by atoms with Crippen LogP contribution < -0.4 is 4.90 Å². The highest BCUT2D eigenvalue weighted by molar-refractivity contribution is 6.30. The summed E-state index contributed by atoms with van der Waals surface area (Å²) in [6.07, 6.45) is -4.49. The van der Waals surface area contributed by atoms with Crippen molar-refractivity contribution in [1.82, 2.24) is 4.90 Å². The topological polar surface area (TPSA) is 47.3 Å². The Morgan fingerprint density at radius 3 is 2.41 bits per heavy atom. The molecule has 1 aliphatic rings. The Kier molecular flexibility index (Phi) is 5.29. The van der Waals surface area contributed by atoms with E-state index in [2.05, 4.69) is 6.07 Å². The van der Waals surface area contributed by atoms with Gasteiger partial charge in [0, 0.05) is 36.8 Å². The molecule has 1 saturated heterocycles. The molecule has 0 bridgehead atoms. The molecular formula is C19H15ClF3N3O. The lowest BCUT2D eigenvalue weighted by atomic mass is 10.1. The van der Waals surface area contributed by atoms with Gasteiger partial charge in [-0.2, -0.15) is 18.4 Å². The molecule has 3 rings (SSSR count). The zero-order valence-corrected chi connectivity index (χ0v) is 14.9. The molecule has 140 valence electrons. The average molecular weight is 394 g/mol. The molecule has 2 aromatic carbocycles. The van der Waals surface area contributed by atoms with Gasteiger partial charge in [0.15, 0.2) is 0 Å². The zero-order valence-electron chi connectivity index (χ0n) is 14.1. The van der Waals surface area contributed by atoms with E-state index >= 15 is 0 Å². The lowest BCUT2D eigenvalue weighted by Gasteiger charge is -2.36. The van der Waals surface area contributed by atoms with Crippen molar-refractivity contribution in [2.24, 2.45) is 0 Å². The Morgan fingerprint density at radius 2 is 1.78 bits per heavy atom. The number of hydrogen-bond acceptors (Lipinski definition) is 3. The molecule has 4 nitrogen and oxygen atoms in total. The second-order valence-corrected chi connectivity index (χ2v) is 6.57. The predicted octanol–water partition coefficient (Wildman–Crippen LogP) is 4.19. The molecule has 0 atom stereocenters. The van der Waals surface area contributed by atoms with E-state index < -0.39 is 17.6 Å². The number of benzene rings is 2. The van der Waals surface area contributed by atoms with E-state index in [1.807, 2.05) is 4.90 Å². The van der Waals surface area contributed by atoms with Gasteiger partial charge in [-0.05, 0) is 36.4 Å². The highest BCUT2D eigenvalue weighted by Gasteiger charge is 2.31. The van der Waals surface area contributed by atoms with Crippen molar-refractivity contribution in [3.05, 3.63) is 64.2 Å². The van der Waals surface area contributed by atoms with Crippen LogP contribution in [0.15, 0.2) is 42.5 Å². The number of nitriles is 1. The average Bonchev–Trinajstić information content (AvgIpc) is 2.67. The first-order valence-corrected chi connectivity index (χ1v) is 8.58. The summed E-state index contributed by atoms with van der Waals surface area (Å²) in [5, 5.41) is 9.73. The van der Waals surface area contributed by atoms with Crippen LogP contribution in [-0.2, 0) is 6.18 Å². The summed E-state index contributed by atoms with van der Waals surface area (Å²) in [4.78, 5) is 16.0. The summed E-state index contributed by atoms with van der Waals surface area (Å²) in [5.74, 6) is -0.433. The van der Waals surface area contributed by atoms with Crippen LogP contribution in [0.3, 0.4) is 0 Å². The van der Waals surface area contributed by atoms with Crippen LogP contribution in [0.5, 0.6) is 0 Å². The van der Waals surface area contributed by atoms with Crippen molar-refractivity contribution >= 4 is 23.2 Å². The van der Waals surface area contributed by atoms with Crippen LogP contribution in [0, 0.1) is 11.3 Å². The number of carbonyl (C=O) groups is 1. The van der Waals surface area contributed by atoms with Gasteiger partial charge in [-0.15, -0.1) is 0 Å². The summed E-state index contributed by atoms with van der Waals surface area (Å²) in [7, 11) is 0. The molecule has 0 N–H and O–H groups in total. The van der Waals surface area contributed by atoms with Crippen LogP contribution in [0.4, 0.5) is 18.9 Å². The van der Waals surface area contributed by atoms with Gasteiger partial charge in [0.1, 0.15) is 6.07 Å². The number of halogens is 4. The molecule has 8 heteroatoms. The smallest absolute Gasteiger partial charge is 0.367 e. The lowest BCUT2D eigenvalue weighted by molar-refractivity contribution is -0.137. The molecule has 0 aromatic heterocycles. The number of rotatable bonds is 2. The maximum absolute atomic E-state index is 12.8. The van der Waals surface area contributed by atoms with Crippen molar-refractivity contribution in [2.75, 3.05) is 31.1 Å². The Hall–Kier alpha value is -2.72. The van der Waals surface area contributed by atoms with Crippen LogP contribution >= 0.6 is 11.6 Å². The summed E-state index contributed by atoms with van der Waals surface area (Å²) in [5.41, 5.74) is 0.350. The minimum Gasteiger partial charge on any atom is -0.367 e. The minimum absolute atomic E-state index is 0.0162. The molecule has 1 aliphatic heterocycles. The largest absolute Gasteiger partial charge is 0.416 e. The van der Waals surface area contributed by atoms with Crippen molar-refractivity contribution < 1.29 is 18.0 Å². The van der Waals surface area contributed by atoms with Gasteiger partial charge >= 0.3 is 6.18 Å². The van der Waals surface area contributed by atoms with Crippen LogP contribution in [0.1, 0.15) is 21.5 Å². The summed E-state index contributed by atoms with van der Waals surface area (Å²) >= 11 is 5.91. The molecule has 0 radical (unpaired) electrons. The van der Waals surface area contributed by atoms with Crippen LogP contribution in [0.2, 0.25) is 5.02 Å². The van der Waals surface area contributed by atoms with Gasteiger partial charge in [0.25, 0.3) is 5.91 Å². The van der Waals surface area contributed by atoms with E-state index in [1.165, 1.54) is 17.0 Å². The monoisotopic (exact) mass is 393 g/mol. The summed E-state index contributed by atoms with van der Waals surface area (Å²) in [6, 6.07) is 11.6. The number of nitrogens with zero attached hydrogens (tertiary/aromatic N) is 3. The Bertz CT molecular complexity index is 900. The number of alkyl halides is 3. The van der Waals surface area contributed by atoms with Gasteiger partial charge in [-0.3, -0.25) is 4.79 Å². The maximum Gasteiger partial charge on any atom is 0.416 e. The van der Waals surface area contributed by atoms with E-state index in [1.54, 1.807) is 18.2 Å². The summed E-state index contributed by atoms with van der Waals surface area (Å²) < 4.78 is 38.5. The normalized spacial score (nSPS) is 14.8. The van der Waals surface area contributed by atoms with E-state index in [0.717, 1.165) is 17.8 Å². The van der Waals surface area contributed by atoms with Crippen molar-refractivity contribution in [2.45, 2.75) is 6.18 Å². The quantitative estimate of drug-likeness (QED) is 0.768. The van der Waals surface area contributed by atoms with Gasteiger partial charge < -0.3 is 9.80 Å². The first kappa shape index (κ1) is 19.1. The molecule has 1 fully saturated rings. The second kappa shape index (κ2) is 7.49. The van der Waals surface area contributed by atoms with Crippen molar-refractivity contribution in [1.29, 1.82) is 5.26 Å². The molecular weight excluding hydrogens is 379 g/mol. The number of carbonyl (C=O) groups excluding carboxylic acids is 1. The first-order chi connectivity index (χ1) is 12.8. The minimum atomic E-state index is -4.49. The van der Waals surface area contributed by atoms with Gasteiger partial charge in [0.05, 0.1) is 16.8 Å².